The number of halogens is 1. The van der Waals surface area contributed by atoms with E-state index in [-0.39, 0.29) is 5.78 Å². The van der Waals surface area contributed by atoms with Gasteiger partial charge in [-0.1, -0.05) is 49.4 Å². The standard InChI is InChI=1S/C27H31BrN4O3S/c1-6-7-12-36-27-30-26-29-17(3)23(18(4)33)24(32(26)31-27)20-13-21(28)25(22(14-20)34-5)35-15-19-11-9-8-10-16(19)2/h8-11,13-14,24H,6-7,12,15H2,1-5H3,(H,29,30,31). The maximum Gasteiger partial charge on any atom is 0.227 e. The Morgan fingerprint density at radius 3 is 2.72 bits per heavy atom. The van der Waals surface area contributed by atoms with Crippen LogP contribution < -0.4 is 14.8 Å². The summed E-state index contributed by atoms with van der Waals surface area (Å²) in [5.41, 5.74) is 4.53. The van der Waals surface area contributed by atoms with Crippen LogP contribution in [0.4, 0.5) is 5.95 Å². The number of methoxy groups -OCH3 is 1. The Labute approximate surface area is 224 Å². The average molecular weight is 572 g/mol. The Morgan fingerprint density at radius 2 is 2.03 bits per heavy atom. The molecule has 4 rings (SSSR count). The largest absolute Gasteiger partial charge is 0.493 e. The van der Waals surface area contributed by atoms with E-state index in [1.807, 2.05) is 37.3 Å². The zero-order chi connectivity index (χ0) is 25.8. The minimum atomic E-state index is -0.442. The summed E-state index contributed by atoms with van der Waals surface area (Å²) in [7, 11) is 1.62. The van der Waals surface area contributed by atoms with Gasteiger partial charge in [0, 0.05) is 17.0 Å². The molecule has 0 spiro atoms. The number of ketones is 1. The van der Waals surface area contributed by atoms with Crippen LogP contribution in [0.5, 0.6) is 11.5 Å². The van der Waals surface area contributed by atoms with Crippen molar-refractivity contribution >= 4 is 39.4 Å². The van der Waals surface area contributed by atoms with Crippen LogP contribution in [0.15, 0.2) is 57.3 Å². The van der Waals surface area contributed by atoms with Crippen LogP contribution >= 0.6 is 27.7 Å². The number of aromatic nitrogens is 3. The molecule has 1 atom stereocenters. The van der Waals surface area contributed by atoms with Crippen molar-refractivity contribution in [1.82, 2.24) is 14.8 Å². The van der Waals surface area contributed by atoms with Gasteiger partial charge in [0.25, 0.3) is 0 Å². The second-order valence-corrected chi connectivity index (χ2v) is 10.7. The van der Waals surface area contributed by atoms with Crippen molar-refractivity contribution in [1.29, 1.82) is 0 Å². The van der Waals surface area contributed by atoms with Crippen LogP contribution in [0, 0.1) is 6.92 Å². The molecule has 1 unspecified atom stereocenters. The molecule has 0 amide bonds. The van der Waals surface area contributed by atoms with E-state index in [0.717, 1.165) is 45.5 Å². The number of nitrogens with zero attached hydrogens (tertiary/aromatic N) is 3. The van der Waals surface area contributed by atoms with Gasteiger partial charge in [-0.25, -0.2) is 4.68 Å². The topological polar surface area (TPSA) is 78.3 Å². The normalized spacial score (nSPS) is 14.9. The number of thioether (sulfide) groups is 1. The molecule has 1 N–H and O–H groups in total. The van der Waals surface area contributed by atoms with E-state index >= 15 is 0 Å². The summed E-state index contributed by atoms with van der Waals surface area (Å²) in [5.74, 6) is 2.73. The zero-order valence-corrected chi connectivity index (χ0v) is 23.6. The third kappa shape index (κ3) is 5.47. The molecule has 190 valence electrons. The summed E-state index contributed by atoms with van der Waals surface area (Å²) in [6.07, 6.45) is 2.21. The fourth-order valence-corrected chi connectivity index (χ4v) is 5.71. The molecular weight excluding hydrogens is 540 g/mol. The molecule has 3 aromatic rings. The smallest absolute Gasteiger partial charge is 0.227 e. The number of nitrogens with one attached hydrogen (secondary N) is 1. The molecule has 0 radical (unpaired) electrons. The van der Waals surface area contributed by atoms with Crippen LogP contribution in [-0.2, 0) is 11.4 Å². The molecule has 1 aromatic heterocycles. The number of ether oxygens (including phenoxy) is 2. The molecule has 0 saturated carbocycles. The van der Waals surface area contributed by atoms with E-state index in [1.54, 1.807) is 30.5 Å². The minimum absolute atomic E-state index is 0.0266. The number of carbonyl (C=O) groups excluding carboxylic acids is 1. The molecule has 0 bridgehead atoms. The number of benzene rings is 2. The van der Waals surface area contributed by atoms with Gasteiger partial charge in [-0.2, -0.15) is 4.98 Å². The first-order chi connectivity index (χ1) is 17.3. The van der Waals surface area contributed by atoms with Gasteiger partial charge >= 0.3 is 0 Å². The van der Waals surface area contributed by atoms with Crippen molar-refractivity contribution in [2.24, 2.45) is 0 Å². The first-order valence-corrected chi connectivity index (χ1v) is 13.7. The Kier molecular flexibility index (Phi) is 8.41. The van der Waals surface area contributed by atoms with E-state index in [4.69, 9.17) is 14.6 Å². The predicted molar refractivity (Wildman–Crippen MR) is 147 cm³/mol. The van der Waals surface area contributed by atoms with Crippen molar-refractivity contribution in [2.75, 3.05) is 18.2 Å². The molecular formula is C27H31BrN4O3S. The Balaban J connectivity index is 1.72. The Morgan fingerprint density at radius 1 is 1.25 bits per heavy atom. The number of anilines is 1. The zero-order valence-electron chi connectivity index (χ0n) is 21.2. The van der Waals surface area contributed by atoms with Crippen molar-refractivity contribution in [3.63, 3.8) is 0 Å². The quantitative estimate of drug-likeness (QED) is 0.214. The van der Waals surface area contributed by atoms with Gasteiger partial charge in [0.2, 0.25) is 11.1 Å². The lowest BCUT2D eigenvalue weighted by Crippen LogP contribution is -2.28. The van der Waals surface area contributed by atoms with Crippen LogP contribution in [-0.4, -0.2) is 33.4 Å². The molecule has 36 heavy (non-hydrogen) atoms. The SMILES string of the molecule is CCCCSc1nc2n(n1)C(c1cc(Br)c(OCc3ccccc3C)c(OC)c1)C(C(C)=O)=C(C)N2. The molecule has 7 nitrogen and oxygen atoms in total. The number of aryl methyl sites for hydroxylation is 1. The highest BCUT2D eigenvalue weighted by molar-refractivity contribution is 9.10. The summed E-state index contributed by atoms with van der Waals surface area (Å²) < 4.78 is 14.5. The predicted octanol–water partition coefficient (Wildman–Crippen LogP) is 6.71. The number of allylic oxidation sites excluding steroid dienone is 2. The number of unbranched alkanes of at least 4 members (excludes halogenated alkanes) is 1. The Hall–Kier alpha value is -2.78. The molecule has 0 saturated heterocycles. The lowest BCUT2D eigenvalue weighted by molar-refractivity contribution is -0.114. The fourth-order valence-electron chi connectivity index (χ4n) is 4.22. The molecule has 1 aliphatic heterocycles. The van der Waals surface area contributed by atoms with E-state index in [9.17, 15) is 4.79 Å². The van der Waals surface area contributed by atoms with Crippen molar-refractivity contribution in [3.8, 4) is 11.5 Å². The van der Waals surface area contributed by atoms with Crippen molar-refractivity contribution in [2.45, 2.75) is 58.3 Å². The molecule has 2 aromatic carbocycles. The van der Waals surface area contributed by atoms with Crippen molar-refractivity contribution in [3.05, 3.63) is 68.8 Å². The summed E-state index contributed by atoms with van der Waals surface area (Å²) in [6.45, 7) is 8.12. The van der Waals surface area contributed by atoms with E-state index in [1.165, 1.54) is 0 Å². The summed E-state index contributed by atoms with van der Waals surface area (Å²) in [6, 6.07) is 11.6. The molecule has 1 aliphatic rings. The Bertz CT molecular complexity index is 1300. The van der Waals surface area contributed by atoms with E-state index in [2.05, 4.69) is 46.1 Å². The number of carbonyl (C=O) groups is 1. The van der Waals surface area contributed by atoms with Gasteiger partial charge in [0.05, 0.1) is 11.6 Å². The highest BCUT2D eigenvalue weighted by Crippen LogP contribution is 2.43. The lowest BCUT2D eigenvalue weighted by Gasteiger charge is -2.28. The lowest BCUT2D eigenvalue weighted by atomic mass is 9.93. The number of rotatable bonds is 10. The average Bonchev–Trinajstić information content (AvgIpc) is 3.25. The van der Waals surface area contributed by atoms with Gasteiger partial charge < -0.3 is 14.8 Å². The molecule has 0 aliphatic carbocycles. The summed E-state index contributed by atoms with van der Waals surface area (Å²) in [5, 5.41) is 8.73. The number of fused-ring (bicyclic) bond motifs is 1. The highest BCUT2D eigenvalue weighted by atomic mass is 79.9. The number of hydrogen-bond acceptors (Lipinski definition) is 7. The van der Waals surface area contributed by atoms with E-state index in [0.29, 0.717) is 34.8 Å². The highest BCUT2D eigenvalue weighted by Gasteiger charge is 2.34. The van der Waals surface area contributed by atoms with Gasteiger partial charge in [0.15, 0.2) is 17.3 Å². The number of hydrogen-bond donors (Lipinski definition) is 1. The van der Waals surface area contributed by atoms with Crippen LogP contribution in [0.3, 0.4) is 0 Å². The maximum atomic E-state index is 12.8. The molecule has 2 heterocycles. The van der Waals surface area contributed by atoms with Crippen LogP contribution in [0.25, 0.3) is 0 Å². The van der Waals surface area contributed by atoms with Crippen LogP contribution in [0.1, 0.15) is 56.3 Å². The van der Waals surface area contributed by atoms with Gasteiger partial charge in [-0.05, 0) is 71.9 Å². The van der Waals surface area contributed by atoms with Crippen LogP contribution in [0.2, 0.25) is 0 Å². The second-order valence-electron chi connectivity index (χ2n) is 8.74. The monoisotopic (exact) mass is 570 g/mol. The first kappa shape index (κ1) is 26.3. The van der Waals surface area contributed by atoms with Crippen molar-refractivity contribution < 1.29 is 14.3 Å². The van der Waals surface area contributed by atoms with E-state index < -0.39 is 6.04 Å². The number of Topliss-reactive ketones (excluding diaryl/α,β-unsaturated/α-hetero) is 1. The molecule has 9 heteroatoms. The first-order valence-electron chi connectivity index (χ1n) is 12.0. The second kappa shape index (κ2) is 11.5. The third-order valence-corrected chi connectivity index (χ3v) is 7.66. The molecule has 0 fully saturated rings. The van der Waals surface area contributed by atoms with Gasteiger partial charge in [-0.15, -0.1) is 5.10 Å². The maximum absolute atomic E-state index is 12.8. The summed E-state index contributed by atoms with van der Waals surface area (Å²) in [4.78, 5) is 17.5. The van der Waals surface area contributed by atoms with Gasteiger partial charge in [0.1, 0.15) is 12.6 Å². The van der Waals surface area contributed by atoms with Gasteiger partial charge in [-0.3, -0.25) is 4.79 Å². The summed E-state index contributed by atoms with van der Waals surface area (Å²) >= 11 is 5.31. The minimum Gasteiger partial charge on any atom is -0.493 e. The third-order valence-electron chi connectivity index (χ3n) is 6.14. The fraction of sp³-hybridized carbons (Fsp3) is 0.370.